The highest BCUT2D eigenvalue weighted by Gasteiger charge is 2.51. The molecule has 0 saturated heterocycles. The van der Waals surface area contributed by atoms with Gasteiger partial charge in [0, 0.05) is 6.42 Å². The Kier molecular flexibility index (Phi) is 8.02. The molecule has 0 bridgehead atoms. The molecular formula is C33H28N2O5. The van der Waals surface area contributed by atoms with Gasteiger partial charge in [-0.25, -0.2) is 15.0 Å². The highest BCUT2D eigenvalue weighted by molar-refractivity contribution is 6.06. The minimum Gasteiger partial charge on any atom is -0.443 e. The Hall–Kier alpha value is -5.17. The van der Waals surface area contributed by atoms with E-state index < -0.39 is 17.7 Å². The lowest BCUT2D eigenvalue weighted by molar-refractivity contribution is -0.128. The van der Waals surface area contributed by atoms with Gasteiger partial charge in [-0.05, 0) is 33.9 Å². The fourth-order valence-electron chi connectivity index (χ4n) is 4.77. The summed E-state index contributed by atoms with van der Waals surface area (Å²) < 4.78 is 11.1. The highest BCUT2D eigenvalue weighted by Crippen LogP contribution is 2.39. The SMILES string of the molecule is O=C(NN(C(=O)OCc1ccccc1)[C@@]1(Cc2ccccc2)C(=O)C=Cc2ccccc21)OCc1ccccc1. The van der Waals surface area contributed by atoms with Crippen molar-refractivity contribution < 1.29 is 23.9 Å². The predicted molar refractivity (Wildman–Crippen MR) is 151 cm³/mol. The molecule has 7 nitrogen and oxygen atoms in total. The molecule has 0 aromatic heterocycles. The van der Waals surface area contributed by atoms with Gasteiger partial charge in [0.15, 0.2) is 11.3 Å². The number of benzene rings is 4. The van der Waals surface area contributed by atoms with E-state index in [1.165, 1.54) is 6.08 Å². The molecule has 1 aliphatic carbocycles. The molecule has 4 aromatic rings. The third kappa shape index (κ3) is 5.78. The third-order valence-electron chi connectivity index (χ3n) is 6.72. The molecule has 1 aliphatic rings. The first-order valence-corrected chi connectivity index (χ1v) is 12.9. The number of nitrogens with one attached hydrogen (secondary N) is 1. The summed E-state index contributed by atoms with van der Waals surface area (Å²) in [5.74, 6) is -0.380. The first kappa shape index (κ1) is 26.4. The summed E-state index contributed by atoms with van der Waals surface area (Å²) in [6.07, 6.45) is 1.44. The Morgan fingerprint density at radius 2 is 1.18 bits per heavy atom. The largest absolute Gasteiger partial charge is 0.443 e. The van der Waals surface area contributed by atoms with Crippen LogP contribution in [-0.2, 0) is 39.4 Å². The second-order valence-electron chi connectivity index (χ2n) is 9.36. The number of amides is 2. The van der Waals surface area contributed by atoms with Crippen molar-refractivity contribution in [1.29, 1.82) is 0 Å². The summed E-state index contributed by atoms with van der Waals surface area (Å²) in [6.45, 7) is -0.0697. The Morgan fingerprint density at radius 1 is 0.650 bits per heavy atom. The average Bonchev–Trinajstić information content (AvgIpc) is 3.01. The van der Waals surface area contributed by atoms with Crippen molar-refractivity contribution in [2.45, 2.75) is 25.2 Å². The number of hydrazine groups is 1. The van der Waals surface area contributed by atoms with E-state index in [1.54, 1.807) is 18.2 Å². The van der Waals surface area contributed by atoms with E-state index in [2.05, 4.69) is 5.43 Å². The summed E-state index contributed by atoms with van der Waals surface area (Å²) >= 11 is 0. The molecule has 2 amide bonds. The molecule has 40 heavy (non-hydrogen) atoms. The van der Waals surface area contributed by atoms with Crippen LogP contribution in [0.4, 0.5) is 9.59 Å². The van der Waals surface area contributed by atoms with Crippen LogP contribution in [0.25, 0.3) is 6.08 Å². The molecule has 0 aliphatic heterocycles. The minimum atomic E-state index is -1.63. The van der Waals surface area contributed by atoms with Crippen molar-refractivity contribution in [3.05, 3.63) is 149 Å². The lowest BCUT2D eigenvalue weighted by atomic mass is 9.74. The molecule has 0 radical (unpaired) electrons. The van der Waals surface area contributed by atoms with Crippen molar-refractivity contribution in [2.24, 2.45) is 0 Å². The topological polar surface area (TPSA) is 84.9 Å². The number of carbonyl (C=O) groups is 3. The van der Waals surface area contributed by atoms with Gasteiger partial charge in [-0.15, -0.1) is 0 Å². The number of carbonyl (C=O) groups excluding carboxylic acids is 3. The Morgan fingerprint density at radius 3 is 1.80 bits per heavy atom. The van der Waals surface area contributed by atoms with Gasteiger partial charge in [0.25, 0.3) is 0 Å². The highest BCUT2D eigenvalue weighted by atomic mass is 16.6. The second kappa shape index (κ2) is 12.1. The van der Waals surface area contributed by atoms with Crippen LogP contribution < -0.4 is 5.43 Å². The normalized spacial score (nSPS) is 15.6. The van der Waals surface area contributed by atoms with E-state index in [4.69, 9.17) is 9.47 Å². The van der Waals surface area contributed by atoms with E-state index in [1.807, 2.05) is 103 Å². The van der Waals surface area contributed by atoms with Crippen LogP contribution in [0.1, 0.15) is 27.8 Å². The van der Waals surface area contributed by atoms with E-state index in [0.29, 0.717) is 5.56 Å². The Bertz CT molecular complexity index is 1510. The van der Waals surface area contributed by atoms with Crippen LogP contribution >= 0.6 is 0 Å². The van der Waals surface area contributed by atoms with Crippen molar-refractivity contribution in [3.63, 3.8) is 0 Å². The van der Waals surface area contributed by atoms with Crippen molar-refractivity contribution in [1.82, 2.24) is 10.4 Å². The number of hydrogen-bond donors (Lipinski definition) is 1. The maximum absolute atomic E-state index is 13.9. The molecule has 5 rings (SSSR count). The maximum atomic E-state index is 13.9. The van der Waals surface area contributed by atoms with Crippen LogP contribution in [-0.4, -0.2) is 23.0 Å². The Labute approximate surface area is 232 Å². The molecule has 7 heteroatoms. The van der Waals surface area contributed by atoms with Crippen LogP contribution in [0.15, 0.2) is 121 Å². The quantitative estimate of drug-likeness (QED) is 0.287. The van der Waals surface area contributed by atoms with Gasteiger partial charge in [-0.3, -0.25) is 4.79 Å². The summed E-state index contributed by atoms with van der Waals surface area (Å²) in [4.78, 5) is 40.9. The first-order valence-electron chi connectivity index (χ1n) is 12.9. The molecule has 0 unspecified atom stereocenters. The molecule has 200 valence electrons. The molecule has 1 N–H and O–H groups in total. The fraction of sp³-hybridized carbons (Fsp3) is 0.121. The average molecular weight is 533 g/mol. The summed E-state index contributed by atoms with van der Waals surface area (Å²) in [7, 11) is 0. The van der Waals surface area contributed by atoms with Crippen LogP contribution in [0, 0.1) is 0 Å². The zero-order chi connectivity index (χ0) is 27.8. The van der Waals surface area contributed by atoms with Crippen LogP contribution in [0.2, 0.25) is 0 Å². The molecule has 0 saturated carbocycles. The zero-order valence-corrected chi connectivity index (χ0v) is 21.7. The van der Waals surface area contributed by atoms with Gasteiger partial charge in [-0.2, -0.15) is 5.01 Å². The molecule has 0 fully saturated rings. The van der Waals surface area contributed by atoms with Gasteiger partial charge in [0.05, 0.1) is 0 Å². The van der Waals surface area contributed by atoms with Crippen LogP contribution in [0.3, 0.4) is 0 Å². The smallest absolute Gasteiger partial charge is 0.430 e. The number of fused-ring (bicyclic) bond motifs is 1. The number of nitrogens with zero attached hydrogens (tertiary/aromatic N) is 1. The maximum Gasteiger partial charge on any atom is 0.430 e. The summed E-state index contributed by atoms with van der Waals surface area (Å²) in [5, 5.41) is 0.987. The molecule has 1 atom stereocenters. The van der Waals surface area contributed by atoms with E-state index in [0.717, 1.165) is 27.3 Å². The number of ketones is 1. The van der Waals surface area contributed by atoms with Crippen molar-refractivity contribution in [3.8, 4) is 0 Å². The molecular weight excluding hydrogens is 504 g/mol. The monoisotopic (exact) mass is 532 g/mol. The summed E-state index contributed by atoms with van der Waals surface area (Å²) in [5.41, 5.74) is 4.57. The summed E-state index contributed by atoms with van der Waals surface area (Å²) in [6, 6.07) is 35.0. The van der Waals surface area contributed by atoms with Gasteiger partial charge in [0.2, 0.25) is 0 Å². The van der Waals surface area contributed by atoms with Gasteiger partial charge < -0.3 is 9.47 Å². The van der Waals surface area contributed by atoms with Crippen molar-refractivity contribution >= 4 is 24.0 Å². The fourth-order valence-corrected chi connectivity index (χ4v) is 4.77. The first-order chi connectivity index (χ1) is 19.6. The van der Waals surface area contributed by atoms with Gasteiger partial charge >= 0.3 is 12.2 Å². The third-order valence-corrected chi connectivity index (χ3v) is 6.72. The standard InChI is InChI=1S/C33H28N2O5/c36-30-21-20-28-18-10-11-19-29(28)33(30,22-25-12-4-1-5-13-25)35(32(38)40-24-27-16-8-3-9-17-27)34-31(37)39-23-26-14-6-2-7-15-26/h1-21H,22-24H2,(H,34,37)/t33-/m1/s1. The molecule has 0 spiro atoms. The predicted octanol–water partition coefficient (Wildman–Crippen LogP) is 6.20. The van der Waals surface area contributed by atoms with E-state index in [9.17, 15) is 14.4 Å². The van der Waals surface area contributed by atoms with E-state index >= 15 is 0 Å². The molecule has 4 aromatic carbocycles. The number of hydrogen-bond acceptors (Lipinski definition) is 5. The number of rotatable bonds is 7. The number of ether oxygens (including phenoxy) is 2. The minimum absolute atomic E-state index is 0.0182. The van der Waals surface area contributed by atoms with Gasteiger partial charge in [0.1, 0.15) is 13.2 Å². The lowest BCUT2D eigenvalue weighted by Gasteiger charge is -2.43. The van der Waals surface area contributed by atoms with Crippen molar-refractivity contribution in [2.75, 3.05) is 0 Å². The van der Waals surface area contributed by atoms with E-state index in [-0.39, 0.29) is 25.4 Å². The second-order valence-corrected chi connectivity index (χ2v) is 9.36. The molecule has 0 heterocycles. The Balaban J connectivity index is 1.53. The zero-order valence-electron chi connectivity index (χ0n) is 21.7. The van der Waals surface area contributed by atoms with Crippen LogP contribution in [0.5, 0.6) is 0 Å². The lowest BCUT2D eigenvalue weighted by Crippen LogP contribution is -2.63. The van der Waals surface area contributed by atoms with Gasteiger partial charge in [-0.1, -0.05) is 121 Å².